The maximum atomic E-state index is 12.1. The molecule has 0 aromatic heterocycles. The Labute approximate surface area is 50.0 Å². The summed E-state index contributed by atoms with van der Waals surface area (Å²) < 4.78 is 12.1. The van der Waals surface area contributed by atoms with Gasteiger partial charge in [-0.2, -0.15) is 0 Å². The van der Waals surface area contributed by atoms with E-state index in [0.717, 1.165) is 5.31 Å². The molecule has 0 nitrogen and oxygen atoms in total. The predicted molar refractivity (Wildman–Crippen MR) is 36.2 cm³/mol. The lowest BCUT2D eigenvalue weighted by Gasteiger charge is -1.90. The second kappa shape index (κ2) is 2.26. The molecule has 0 saturated carbocycles. The molecule has 0 aliphatic heterocycles. The second-order valence-electron chi connectivity index (χ2n) is 1.54. The van der Waals surface area contributed by atoms with Crippen LogP contribution in [-0.2, 0) is 0 Å². The minimum atomic E-state index is -0.280. The smallest absolute Gasteiger partial charge is 0.154 e. The van der Waals surface area contributed by atoms with Crippen LogP contribution in [0.5, 0.6) is 0 Å². The molecule has 1 atom stereocenters. The Kier molecular flexibility index (Phi) is 1.62. The Hall–Kier alpha value is -0.380. The van der Waals surface area contributed by atoms with Crippen LogP contribution in [0.1, 0.15) is 0 Å². The van der Waals surface area contributed by atoms with Crippen LogP contribution in [0.25, 0.3) is 0 Å². The van der Waals surface area contributed by atoms with Gasteiger partial charge in [-0.15, -0.1) is 0 Å². The molecule has 0 N–H and O–H groups in total. The molecule has 1 radical (unpaired) electrons. The molecule has 1 rings (SSSR count). The number of rotatable bonds is 0. The predicted octanol–water partition coefficient (Wildman–Crippen LogP) is 1.70. The first-order valence-electron chi connectivity index (χ1n) is 2.28. The number of hydrogen-bond acceptors (Lipinski definition) is 0. The summed E-state index contributed by atoms with van der Waals surface area (Å²) in [7, 11) is 1.66. The Morgan fingerprint density at radius 2 is 2.38 bits per heavy atom. The largest absolute Gasteiger partial charge is 0.202 e. The molecule has 1 aliphatic carbocycles. The van der Waals surface area contributed by atoms with Crippen molar-refractivity contribution in [3.63, 3.8) is 0 Å². The Bertz CT molecular complexity index is 185. The zero-order valence-corrected chi connectivity index (χ0v) is 5.73. The molecule has 0 aromatic carbocycles. The number of hydrogen-bond donors (Lipinski definition) is 0. The fraction of sp³-hybridized carbons (Fsp3) is 0. The van der Waals surface area contributed by atoms with Crippen LogP contribution in [0, 0.1) is 6.42 Å². The van der Waals surface area contributed by atoms with Gasteiger partial charge in [0.15, 0.2) is 5.83 Å². The molecular weight excluding hydrogens is 122 g/mol. The van der Waals surface area contributed by atoms with Crippen molar-refractivity contribution in [3.8, 4) is 0 Å². The van der Waals surface area contributed by atoms with Crippen LogP contribution in [-0.4, -0.2) is 0 Å². The molecule has 8 heavy (non-hydrogen) atoms. The molecule has 0 aromatic rings. The van der Waals surface area contributed by atoms with Gasteiger partial charge < -0.3 is 0 Å². The summed E-state index contributed by atoms with van der Waals surface area (Å²) in [6.45, 7) is 0. The highest BCUT2D eigenvalue weighted by molar-refractivity contribution is 7.22. The fourth-order valence-electron chi connectivity index (χ4n) is 0.481. The number of allylic oxidation sites excluding steroid dienone is 3. The summed E-state index contributed by atoms with van der Waals surface area (Å²) in [6.07, 6.45) is 4.86. The molecule has 0 saturated heterocycles. The summed E-state index contributed by atoms with van der Waals surface area (Å²) in [5, 5.41) is 0.959. The van der Waals surface area contributed by atoms with Crippen LogP contribution in [0.4, 0.5) is 4.39 Å². The molecule has 41 valence electrons. The van der Waals surface area contributed by atoms with Gasteiger partial charge in [0.05, 0.1) is 11.7 Å². The normalized spacial score (nSPS) is 18.1. The second-order valence-corrected chi connectivity index (χ2v) is 2.36. The minimum Gasteiger partial charge on any atom is -0.202 e. The van der Waals surface area contributed by atoms with Gasteiger partial charge >= 0.3 is 0 Å². The summed E-state index contributed by atoms with van der Waals surface area (Å²) in [5.41, 5.74) is 2.41. The van der Waals surface area contributed by atoms with Crippen molar-refractivity contribution in [1.82, 2.24) is 0 Å². The van der Waals surface area contributed by atoms with Crippen molar-refractivity contribution >= 4 is 9.24 Å². The summed E-state index contributed by atoms with van der Waals surface area (Å²) >= 11 is 0. The lowest BCUT2D eigenvalue weighted by atomic mass is 10.3. The van der Waals surface area contributed by atoms with Crippen molar-refractivity contribution in [2.75, 3.05) is 0 Å². The van der Waals surface area contributed by atoms with Gasteiger partial charge in [-0.1, -0.05) is 5.73 Å². The lowest BCUT2D eigenvalue weighted by molar-refractivity contribution is 0.655. The van der Waals surface area contributed by atoms with E-state index in [9.17, 15) is 4.39 Å². The first kappa shape index (κ1) is 5.75. The maximum absolute atomic E-state index is 12.1. The quantitative estimate of drug-likeness (QED) is 0.344. The summed E-state index contributed by atoms with van der Waals surface area (Å²) in [5.74, 6) is -0.280. The average Bonchev–Trinajstić information content (AvgIpc) is 1.64. The molecular formula is C6H6FP+. The van der Waals surface area contributed by atoms with E-state index < -0.39 is 0 Å². The van der Waals surface area contributed by atoms with Crippen LogP contribution in [0.2, 0.25) is 0 Å². The highest BCUT2D eigenvalue weighted by Gasteiger charge is 2.01. The van der Waals surface area contributed by atoms with Gasteiger partial charge in [-0.05, 0) is 12.2 Å². The van der Waals surface area contributed by atoms with Crippen LogP contribution in [0.3, 0.4) is 0 Å². The molecule has 2 heteroatoms. The highest BCUT2D eigenvalue weighted by atomic mass is 31.0. The van der Waals surface area contributed by atoms with Gasteiger partial charge in [-0.25, -0.2) is 4.39 Å². The van der Waals surface area contributed by atoms with Crippen molar-refractivity contribution in [1.29, 1.82) is 0 Å². The Balaban J connectivity index is 2.83. The van der Waals surface area contributed by atoms with Crippen molar-refractivity contribution < 1.29 is 4.39 Å². The molecule has 1 aliphatic rings. The van der Waals surface area contributed by atoms with Crippen LogP contribution < -0.4 is 0 Å². The molecule has 0 spiro atoms. The zero-order chi connectivity index (χ0) is 5.98. The van der Waals surface area contributed by atoms with Gasteiger partial charge in [0.1, 0.15) is 0 Å². The van der Waals surface area contributed by atoms with E-state index in [0.29, 0.717) is 0 Å². The lowest BCUT2D eigenvalue weighted by Crippen LogP contribution is -1.77. The fourth-order valence-corrected chi connectivity index (χ4v) is 0.778. The monoisotopic (exact) mass is 128 g/mol. The standard InChI is InChI=1S/C6H5FP/c7-5-2-1-3-6(8)4-5/h1,3-4H,8H2/p+1. The molecule has 0 amide bonds. The van der Waals surface area contributed by atoms with E-state index in [-0.39, 0.29) is 5.83 Å². The topological polar surface area (TPSA) is 0 Å². The van der Waals surface area contributed by atoms with Crippen molar-refractivity contribution in [3.05, 3.63) is 35.4 Å². The van der Waals surface area contributed by atoms with Crippen LogP contribution >= 0.6 is 9.24 Å². The van der Waals surface area contributed by atoms with Gasteiger partial charge in [0.25, 0.3) is 0 Å². The van der Waals surface area contributed by atoms with Crippen LogP contribution in [0.15, 0.2) is 29.0 Å². The van der Waals surface area contributed by atoms with Crippen molar-refractivity contribution in [2.45, 2.75) is 0 Å². The first-order chi connectivity index (χ1) is 3.79. The maximum Gasteiger partial charge on any atom is 0.154 e. The molecule has 0 bridgehead atoms. The molecule has 0 fully saturated rings. The Morgan fingerprint density at radius 1 is 1.62 bits per heavy atom. The highest BCUT2D eigenvalue weighted by Crippen LogP contribution is 2.18. The number of halogens is 1. The van der Waals surface area contributed by atoms with Crippen molar-refractivity contribution in [2.24, 2.45) is 0 Å². The van der Waals surface area contributed by atoms with Gasteiger partial charge in [0.2, 0.25) is 0 Å². The van der Waals surface area contributed by atoms with E-state index in [1.807, 2.05) is 6.08 Å². The van der Waals surface area contributed by atoms with E-state index >= 15 is 0 Å². The van der Waals surface area contributed by atoms with E-state index in [2.05, 4.69) is 5.73 Å². The van der Waals surface area contributed by atoms with Gasteiger partial charge in [-0.3, -0.25) is 0 Å². The third-order valence-electron chi connectivity index (χ3n) is 0.831. The third kappa shape index (κ3) is 1.30. The van der Waals surface area contributed by atoms with Gasteiger partial charge in [0, 0.05) is 9.24 Å². The Morgan fingerprint density at radius 3 is 2.75 bits per heavy atom. The van der Waals surface area contributed by atoms with E-state index in [1.54, 1.807) is 15.3 Å². The summed E-state index contributed by atoms with van der Waals surface area (Å²) in [6, 6.07) is 0. The average molecular weight is 128 g/mol. The molecule has 0 heterocycles. The first-order valence-corrected chi connectivity index (χ1v) is 2.99. The van der Waals surface area contributed by atoms with E-state index in [1.165, 1.54) is 6.42 Å². The zero-order valence-electron chi connectivity index (χ0n) is 4.32. The third-order valence-corrected chi connectivity index (χ3v) is 1.27. The SMILES string of the molecule is FC1=C=CC=C([PH3+])[CH]1. The van der Waals surface area contributed by atoms with E-state index in [4.69, 9.17) is 0 Å². The summed E-state index contributed by atoms with van der Waals surface area (Å²) in [4.78, 5) is 0. The molecule has 1 unspecified atom stereocenters. The minimum absolute atomic E-state index is 0.280.